The van der Waals surface area contributed by atoms with Gasteiger partial charge < -0.3 is 20.5 Å². The van der Waals surface area contributed by atoms with Crippen LogP contribution in [0.15, 0.2) is 24.3 Å². The first kappa shape index (κ1) is 15.5. The second-order valence-corrected chi connectivity index (χ2v) is 4.63. The molecule has 5 heteroatoms. The van der Waals surface area contributed by atoms with E-state index in [2.05, 4.69) is 4.90 Å². The average Bonchev–Trinajstić information content (AvgIpc) is 2.42. The van der Waals surface area contributed by atoms with Gasteiger partial charge >= 0.3 is 5.97 Å². The third-order valence-electron chi connectivity index (χ3n) is 3.08. The molecule has 106 valence electrons. The predicted molar refractivity (Wildman–Crippen MR) is 74.4 cm³/mol. The second-order valence-electron chi connectivity index (χ2n) is 4.63. The maximum Gasteiger partial charge on any atom is 0.320 e. The lowest BCUT2D eigenvalue weighted by molar-refractivity contribution is -0.138. The quantitative estimate of drug-likeness (QED) is 0.733. The van der Waals surface area contributed by atoms with E-state index in [9.17, 15) is 4.79 Å². The fourth-order valence-electron chi connectivity index (χ4n) is 1.71. The Morgan fingerprint density at radius 2 is 2.00 bits per heavy atom. The molecular formula is C14H22N2O3. The van der Waals surface area contributed by atoms with Gasteiger partial charge in [0.05, 0.1) is 7.11 Å². The molecule has 0 saturated heterocycles. The van der Waals surface area contributed by atoms with Crippen LogP contribution in [0, 0.1) is 0 Å². The number of ether oxygens (including phenoxy) is 1. The minimum absolute atomic E-state index is 0.467. The van der Waals surface area contributed by atoms with Crippen LogP contribution in [0.4, 0.5) is 0 Å². The van der Waals surface area contributed by atoms with E-state index in [1.165, 1.54) is 5.56 Å². The number of benzene rings is 1. The SMILES string of the molecule is COc1ccc(CCN(C)CCC(N)C(=O)O)cc1. The number of nitrogens with two attached hydrogens (primary N) is 1. The zero-order chi connectivity index (χ0) is 14.3. The van der Waals surface area contributed by atoms with Gasteiger partial charge in [-0.25, -0.2) is 0 Å². The van der Waals surface area contributed by atoms with Crippen molar-refractivity contribution in [3.63, 3.8) is 0 Å². The molecule has 1 rings (SSSR count). The van der Waals surface area contributed by atoms with Gasteiger partial charge in [-0.1, -0.05) is 12.1 Å². The van der Waals surface area contributed by atoms with E-state index < -0.39 is 12.0 Å². The van der Waals surface area contributed by atoms with Crippen LogP contribution in [-0.4, -0.2) is 49.3 Å². The summed E-state index contributed by atoms with van der Waals surface area (Å²) in [5.41, 5.74) is 6.70. The van der Waals surface area contributed by atoms with Gasteiger partial charge in [-0.05, 0) is 44.1 Å². The van der Waals surface area contributed by atoms with Crippen molar-refractivity contribution >= 4 is 5.97 Å². The predicted octanol–water partition coefficient (Wildman–Crippen LogP) is 0.972. The Morgan fingerprint density at radius 1 is 1.37 bits per heavy atom. The number of aliphatic carboxylic acids is 1. The fourth-order valence-corrected chi connectivity index (χ4v) is 1.71. The summed E-state index contributed by atoms with van der Waals surface area (Å²) in [5.74, 6) is -0.0897. The highest BCUT2D eigenvalue weighted by molar-refractivity contribution is 5.72. The van der Waals surface area contributed by atoms with Crippen LogP contribution in [0.5, 0.6) is 5.75 Å². The zero-order valence-electron chi connectivity index (χ0n) is 11.5. The van der Waals surface area contributed by atoms with Gasteiger partial charge in [-0.2, -0.15) is 0 Å². The molecule has 0 aliphatic rings. The fraction of sp³-hybridized carbons (Fsp3) is 0.500. The van der Waals surface area contributed by atoms with Gasteiger partial charge in [0.25, 0.3) is 0 Å². The van der Waals surface area contributed by atoms with Crippen molar-refractivity contribution in [2.45, 2.75) is 18.9 Å². The number of rotatable bonds is 8. The smallest absolute Gasteiger partial charge is 0.320 e. The van der Waals surface area contributed by atoms with E-state index >= 15 is 0 Å². The highest BCUT2D eigenvalue weighted by atomic mass is 16.5. The van der Waals surface area contributed by atoms with Crippen LogP contribution in [0.1, 0.15) is 12.0 Å². The molecule has 0 aromatic heterocycles. The lowest BCUT2D eigenvalue weighted by Gasteiger charge is -2.17. The first-order valence-electron chi connectivity index (χ1n) is 6.32. The summed E-state index contributed by atoms with van der Waals surface area (Å²) in [7, 11) is 3.62. The molecule has 3 N–H and O–H groups in total. The highest BCUT2D eigenvalue weighted by Gasteiger charge is 2.11. The van der Waals surface area contributed by atoms with Crippen LogP contribution in [-0.2, 0) is 11.2 Å². The number of carboxylic acid groups (broad SMARTS) is 1. The largest absolute Gasteiger partial charge is 0.497 e. The standard InChI is InChI=1S/C14H22N2O3/c1-16(10-8-13(15)14(17)18)9-7-11-3-5-12(19-2)6-4-11/h3-6,13H,7-10,15H2,1-2H3,(H,17,18). The Hall–Kier alpha value is -1.59. The summed E-state index contributed by atoms with van der Waals surface area (Å²) in [5, 5.41) is 8.70. The lowest BCUT2D eigenvalue weighted by Crippen LogP contribution is -2.34. The average molecular weight is 266 g/mol. The molecule has 0 bridgehead atoms. The molecule has 1 unspecified atom stereocenters. The molecule has 1 atom stereocenters. The minimum atomic E-state index is -0.941. The Morgan fingerprint density at radius 3 is 2.53 bits per heavy atom. The van der Waals surface area contributed by atoms with E-state index in [1.807, 2.05) is 31.3 Å². The highest BCUT2D eigenvalue weighted by Crippen LogP contribution is 2.11. The third kappa shape index (κ3) is 5.72. The molecule has 0 aliphatic heterocycles. The topological polar surface area (TPSA) is 75.8 Å². The van der Waals surface area contributed by atoms with Gasteiger partial charge in [0.2, 0.25) is 0 Å². The van der Waals surface area contributed by atoms with E-state index in [0.29, 0.717) is 13.0 Å². The van der Waals surface area contributed by atoms with Crippen molar-refractivity contribution in [1.82, 2.24) is 4.90 Å². The van der Waals surface area contributed by atoms with Crippen LogP contribution in [0.25, 0.3) is 0 Å². The van der Waals surface area contributed by atoms with Gasteiger partial charge in [-0.15, -0.1) is 0 Å². The second kappa shape index (κ2) is 7.76. The van der Waals surface area contributed by atoms with Crippen LogP contribution in [0.2, 0.25) is 0 Å². The zero-order valence-corrected chi connectivity index (χ0v) is 11.5. The normalized spacial score (nSPS) is 12.4. The van der Waals surface area contributed by atoms with E-state index in [-0.39, 0.29) is 0 Å². The molecule has 1 aromatic carbocycles. The molecule has 0 radical (unpaired) electrons. The molecule has 1 aromatic rings. The van der Waals surface area contributed by atoms with Crippen molar-refractivity contribution in [3.05, 3.63) is 29.8 Å². The summed E-state index contributed by atoms with van der Waals surface area (Å²) in [6.45, 7) is 1.56. The van der Waals surface area contributed by atoms with Crippen molar-refractivity contribution in [2.24, 2.45) is 5.73 Å². The number of carboxylic acids is 1. The van der Waals surface area contributed by atoms with Gasteiger partial charge in [0.1, 0.15) is 11.8 Å². The van der Waals surface area contributed by atoms with Crippen LogP contribution < -0.4 is 10.5 Å². The summed E-state index contributed by atoms with van der Waals surface area (Å²) in [6, 6.07) is 7.18. The summed E-state index contributed by atoms with van der Waals surface area (Å²) < 4.78 is 5.10. The van der Waals surface area contributed by atoms with Crippen molar-refractivity contribution < 1.29 is 14.6 Å². The monoisotopic (exact) mass is 266 g/mol. The molecule has 0 fully saturated rings. The van der Waals surface area contributed by atoms with Gasteiger partial charge in [-0.3, -0.25) is 4.79 Å². The van der Waals surface area contributed by atoms with E-state index in [0.717, 1.165) is 18.7 Å². The number of likely N-dealkylation sites (N-methyl/N-ethyl adjacent to an activating group) is 1. The molecule has 5 nitrogen and oxygen atoms in total. The van der Waals surface area contributed by atoms with E-state index in [4.69, 9.17) is 15.6 Å². The number of hydrogen-bond donors (Lipinski definition) is 2. The van der Waals surface area contributed by atoms with Gasteiger partial charge in [0.15, 0.2) is 0 Å². The molecule has 0 heterocycles. The third-order valence-corrected chi connectivity index (χ3v) is 3.08. The van der Waals surface area contributed by atoms with Crippen molar-refractivity contribution in [2.75, 3.05) is 27.2 Å². The molecular weight excluding hydrogens is 244 g/mol. The first-order chi connectivity index (χ1) is 9.02. The van der Waals surface area contributed by atoms with Crippen molar-refractivity contribution in [3.8, 4) is 5.75 Å². The van der Waals surface area contributed by atoms with E-state index in [1.54, 1.807) is 7.11 Å². The van der Waals surface area contributed by atoms with Gasteiger partial charge in [0, 0.05) is 6.54 Å². The molecule has 0 aliphatic carbocycles. The number of methoxy groups -OCH3 is 1. The van der Waals surface area contributed by atoms with Crippen LogP contribution in [0.3, 0.4) is 0 Å². The van der Waals surface area contributed by atoms with Crippen molar-refractivity contribution in [1.29, 1.82) is 0 Å². The summed E-state index contributed by atoms with van der Waals surface area (Å²) in [6.07, 6.45) is 1.39. The molecule has 0 amide bonds. The first-order valence-corrected chi connectivity index (χ1v) is 6.32. The molecule has 19 heavy (non-hydrogen) atoms. The molecule has 0 spiro atoms. The summed E-state index contributed by atoms with van der Waals surface area (Å²) in [4.78, 5) is 12.7. The number of carbonyl (C=O) groups is 1. The maximum absolute atomic E-state index is 10.6. The summed E-state index contributed by atoms with van der Waals surface area (Å²) >= 11 is 0. The Balaban J connectivity index is 2.29. The van der Waals surface area contributed by atoms with Crippen LogP contribution >= 0.6 is 0 Å². The maximum atomic E-state index is 10.6. The minimum Gasteiger partial charge on any atom is -0.497 e. The Bertz CT molecular complexity index is 392. The Kier molecular flexibility index (Phi) is 6.32. The lowest BCUT2D eigenvalue weighted by atomic mass is 10.1. The molecule has 0 saturated carbocycles. The Labute approximate surface area is 114 Å². The number of nitrogens with zero attached hydrogens (tertiary/aromatic N) is 1. The number of hydrogen-bond acceptors (Lipinski definition) is 4.